The van der Waals surface area contributed by atoms with Crippen molar-refractivity contribution in [2.75, 3.05) is 7.11 Å². The third-order valence-electron chi connectivity index (χ3n) is 3.24. The number of nitrogens with zero attached hydrogens (tertiary/aromatic N) is 4. The number of para-hydroxylation sites is 1. The number of carbonyl (C=O) groups is 1. The number of methoxy groups -OCH3 is 1. The van der Waals surface area contributed by atoms with Gasteiger partial charge in [-0.25, -0.2) is 0 Å². The predicted octanol–water partition coefficient (Wildman–Crippen LogP) is 1.72. The molecule has 7 heteroatoms. The molecule has 0 saturated carbocycles. The highest BCUT2D eigenvalue weighted by Crippen LogP contribution is 2.26. The van der Waals surface area contributed by atoms with Gasteiger partial charge in [0.15, 0.2) is 4.80 Å². The highest BCUT2D eigenvalue weighted by molar-refractivity contribution is 7.16. The molecule has 0 aliphatic rings. The van der Waals surface area contributed by atoms with Crippen LogP contribution >= 0.6 is 11.3 Å². The molecule has 3 rings (SSSR count). The van der Waals surface area contributed by atoms with Gasteiger partial charge in [0.25, 0.3) is 5.91 Å². The Labute approximate surface area is 124 Å². The minimum absolute atomic E-state index is 0.309. The van der Waals surface area contributed by atoms with E-state index in [1.54, 1.807) is 26.4 Å². The lowest BCUT2D eigenvalue weighted by Gasteiger charge is -2.03. The van der Waals surface area contributed by atoms with Crippen molar-refractivity contribution in [1.29, 1.82) is 0 Å². The van der Waals surface area contributed by atoms with Crippen molar-refractivity contribution in [2.24, 2.45) is 19.1 Å². The number of aryl methyl sites for hydroxylation is 2. The minimum Gasteiger partial charge on any atom is -0.495 e. The van der Waals surface area contributed by atoms with E-state index < -0.39 is 0 Å². The van der Waals surface area contributed by atoms with Crippen LogP contribution in [0, 0.1) is 0 Å². The fourth-order valence-corrected chi connectivity index (χ4v) is 3.20. The van der Waals surface area contributed by atoms with E-state index in [9.17, 15) is 4.79 Å². The lowest BCUT2D eigenvalue weighted by atomic mass is 10.3. The second kappa shape index (κ2) is 5.17. The summed E-state index contributed by atoms with van der Waals surface area (Å²) in [5.41, 5.74) is 1.39. The van der Waals surface area contributed by atoms with Crippen LogP contribution in [-0.4, -0.2) is 27.4 Å². The number of ether oxygens (including phenoxy) is 1. The van der Waals surface area contributed by atoms with Gasteiger partial charge in [-0.1, -0.05) is 17.4 Å². The van der Waals surface area contributed by atoms with E-state index in [0.29, 0.717) is 10.5 Å². The summed E-state index contributed by atoms with van der Waals surface area (Å²) in [5.74, 6) is 0.455. The highest BCUT2D eigenvalue weighted by atomic mass is 32.1. The lowest BCUT2D eigenvalue weighted by Crippen LogP contribution is -2.15. The van der Waals surface area contributed by atoms with E-state index in [1.807, 2.05) is 29.8 Å². The second-order valence-corrected chi connectivity index (χ2v) is 5.52. The van der Waals surface area contributed by atoms with Crippen LogP contribution in [-0.2, 0) is 14.1 Å². The molecule has 0 bridgehead atoms. The summed E-state index contributed by atoms with van der Waals surface area (Å²) in [7, 11) is 5.22. The Balaban J connectivity index is 2.17. The number of hydrogen-bond donors (Lipinski definition) is 0. The average molecular weight is 302 g/mol. The van der Waals surface area contributed by atoms with Crippen molar-refractivity contribution in [2.45, 2.75) is 0 Å². The Bertz CT molecular complexity index is 888. The number of thiazole rings is 1. The molecule has 0 aliphatic carbocycles. The Hall–Kier alpha value is -2.41. The standard InChI is InChI=1S/C14H14N4O2S/c1-17-12-10(20-3)5-4-6-11(12)21-14(17)16-13(19)9-7-8-15-18(9)2/h4-8H,1-3H3. The number of rotatable bonds is 2. The van der Waals surface area contributed by atoms with Crippen LogP contribution in [0.1, 0.15) is 10.5 Å². The van der Waals surface area contributed by atoms with Crippen molar-refractivity contribution >= 4 is 27.5 Å². The molecule has 1 amide bonds. The van der Waals surface area contributed by atoms with Crippen LogP contribution in [0.4, 0.5) is 0 Å². The van der Waals surface area contributed by atoms with Gasteiger partial charge < -0.3 is 9.30 Å². The van der Waals surface area contributed by atoms with Gasteiger partial charge in [-0.3, -0.25) is 9.48 Å². The van der Waals surface area contributed by atoms with Crippen LogP contribution in [0.15, 0.2) is 35.5 Å². The number of aromatic nitrogens is 3. The van der Waals surface area contributed by atoms with Crippen LogP contribution in [0.25, 0.3) is 10.2 Å². The maximum absolute atomic E-state index is 12.2. The maximum atomic E-state index is 12.2. The van der Waals surface area contributed by atoms with Crippen LogP contribution in [0.3, 0.4) is 0 Å². The average Bonchev–Trinajstić information content (AvgIpc) is 3.03. The Morgan fingerprint density at radius 1 is 1.33 bits per heavy atom. The summed E-state index contributed by atoms with van der Waals surface area (Å²) >= 11 is 1.45. The SMILES string of the molecule is COc1cccc2sc(=NC(=O)c3ccnn3C)n(C)c12. The van der Waals surface area contributed by atoms with Gasteiger partial charge in [0.1, 0.15) is 17.0 Å². The van der Waals surface area contributed by atoms with E-state index in [-0.39, 0.29) is 5.91 Å². The van der Waals surface area contributed by atoms with Crippen molar-refractivity contribution in [3.63, 3.8) is 0 Å². The molecule has 0 spiro atoms. The van der Waals surface area contributed by atoms with Crippen LogP contribution < -0.4 is 9.54 Å². The van der Waals surface area contributed by atoms with E-state index >= 15 is 0 Å². The van der Waals surface area contributed by atoms with Gasteiger partial charge in [0.05, 0.1) is 11.8 Å². The summed E-state index contributed by atoms with van der Waals surface area (Å²) in [6.45, 7) is 0. The molecule has 0 radical (unpaired) electrons. The zero-order chi connectivity index (χ0) is 15.0. The highest BCUT2D eigenvalue weighted by Gasteiger charge is 2.12. The van der Waals surface area contributed by atoms with Crippen molar-refractivity contribution in [3.05, 3.63) is 41.0 Å². The summed E-state index contributed by atoms with van der Waals surface area (Å²) in [6.07, 6.45) is 1.58. The molecule has 0 unspecified atom stereocenters. The van der Waals surface area contributed by atoms with E-state index in [2.05, 4.69) is 10.1 Å². The first-order chi connectivity index (χ1) is 10.1. The predicted molar refractivity (Wildman–Crippen MR) is 80.4 cm³/mol. The van der Waals surface area contributed by atoms with Gasteiger partial charge in [0.2, 0.25) is 0 Å². The molecule has 0 fully saturated rings. The molecule has 21 heavy (non-hydrogen) atoms. The second-order valence-electron chi connectivity index (χ2n) is 4.51. The molecule has 6 nitrogen and oxygen atoms in total. The molecular weight excluding hydrogens is 288 g/mol. The molecule has 2 heterocycles. The van der Waals surface area contributed by atoms with Gasteiger partial charge in [0, 0.05) is 20.3 Å². The zero-order valence-electron chi connectivity index (χ0n) is 11.9. The van der Waals surface area contributed by atoms with Crippen molar-refractivity contribution in [3.8, 4) is 5.75 Å². The Morgan fingerprint density at radius 3 is 2.81 bits per heavy atom. The molecule has 3 aromatic rings. The molecule has 108 valence electrons. The monoisotopic (exact) mass is 302 g/mol. The first kappa shape index (κ1) is 13.6. The van der Waals surface area contributed by atoms with Crippen molar-refractivity contribution < 1.29 is 9.53 Å². The van der Waals surface area contributed by atoms with Gasteiger partial charge in [-0.15, -0.1) is 0 Å². The van der Waals surface area contributed by atoms with Gasteiger partial charge in [-0.2, -0.15) is 10.1 Å². The fourth-order valence-electron chi connectivity index (χ4n) is 2.17. The molecule has 1 aromatic carbocycles. The van der Waals surface area contributed by atoms with E-state index in [1.165, 1.54) is 16.0 Å². The van der Waals surface area contributed by atoms with Crippen molar-refractivity contribution in [1.82, 2.24) is 14.3 Å². The third kappa shape index (κ3) is 2.25. The van der Waals surface area contributed by atoms with Gasteiger partial charge >= 0.3 is 0 Å². The fraction of sp³-hybridized carbons (Fsp3) is 0.214. The zero-order valence-corrected chi connectivity index (χ0v) is 12.7. The van der Waals surface area contributed by atoms with Crippen LogP contribution in [0.5, 0.6) is 5.75 Å². The number of benzene rings is 1. The quantitative estimate of drug-likeness (QED) is 0.724. The topological polar surface area (TPSA) is 61.4 Å². The molecule has 0 atom stereocenters. The first-order valence-electron chi connectivity index (χ1n) is 6.31. The third-order valence-corrected chi connectivity index (χ3v) is 4.34. The maximum Gasteiger partial charge on any atom is 0.297 e. The van der Waals surface area contributed by atoms with E-state index in [0.717, 1.165) is 16.0 Å². The molecule has 0 N–H and O–H groups in total. The molecule has 0 aliphatic heterocycles. The molecule has 2 aromatic heterocycles. The number of amides is 1. The van der Waals surface area contributed by atoms with Gasteiger partial charge in [-0.05, 0) is 18.2 Å². The summed E-state index contributed by atoms with van der Waals surface area (Å²) in [6, 6.07) is 7.45. The first-order valence-corrected chi connectivity index (χ1v) is 7.13. The lowest BCUT2D eigenvalue weighted by molar-refractivity contribution is 0.0989. The molecule has 0 saturated heterocycles. The summed E-state index contributed by atoms with van der Waals surface area (Å²) in [5, 5.41) is 3.98. The van der Waals surface area contributed by atoms with Crippen LogP contribution in [0.2, 0.25) is 0 Å². The normalized spacial score (nSPS) is 12.0. The summed E-state index contributed by atoms with van der Waals surface area (Å²) in [4.78, 5) is 17.0. The summed E-state index contributed by atoms with van der Waals surface area (Å²) < 4.78 is 9.77. The Morgan fingerprint density at radius 2 is 2.14 bits per heavy atom. The van der Waals surface area contributed by atoms with E-state index in [4.69, 9.17) is 4.74 Å². The Kier molecular flexibility index (Phi) is 3.34. The molecular formula is C14H14N4O2S. The number of carbonyl (C=O) groups excluding carboxylic acids is 1. The number of fused-ring (bicyclic) bond motifs is 1. The minimum atomic E-state index is -0.309. The number of hydrogen-bond acceptors (Lipinski definition) is 4. The largest absolute Gasteiger partial charge is 0.495 e. The smallest absolute Gasteiger partial charge is 0.297 e.